The Balaban J connectivity index is 2.92. The van der Waals surface area contributed by atoms with Crippen LogP contribution in [0.15, 0.2) is 0 Å². The molecule has 0 aromatic carbocycles. The van der Waals surface area contributed by atoms with E-state index < -0.39 is 11.9 Å². The van der Waals surface area contributed by atoms with Gasteiger partial charge in [0.15, 0.2) is 0 Å². The Labute approximate surface area is 93.1 Å². The number of primary amides is 1. The van der Waals surface area contributed by atoms with Crippen LogP contribution < -0.4 is 21.7 Å². The molecule has 1 unspecified atom stereocenters. The molecule has 0 aliphatic heterocycles. The average Bonchev–Trinajstić information content (AvgIpc) is 2.16. The van der Waals surface area contributed by atoms with E-state index in [1.807, 2.05) is 0 Å². The van der Waals surface area contributed by atoms with Crippen LogP contribution >= 0.6 is 0 Å². The topological polar surface area (TPSA) is 123 Å². The van der Waals surface area contributed by atoms with Gasteiger partial charge in [-0.1, -0.05) is 0 Å². The van der Waals surface area contributed by atoms with Gasteiger partial charge in [0, 0.05) is 14.1 Å². The molecule has 0 spiro atoms. The number of hydrogen-bond donors (Lipinski definition) is 3. The van der Waals surface area contributed by atoms with Crippen LogP contribution in [0.2, 0.25) is 0 Å². The van der Waals surface area contributed by atoms with Gasteiger partial charge in [0.05, 0.1) is 0 Å². The van der Waals surface area contributed by atoms with Gasteiger partial charge in [-0.05, 0) is 6.92 Å². The molecular formula is C8H15N7O. The Hall–Kier alpha value is -2.12. The fourth-order valence-electron chi connectivity index (χ4n) is 0.910. The summed E-state index contributed by atoms with van der Waals surface area (Å²) in [5.74, 6) is 0.220. The highest BCUT2D eigenvalue weighted by atomic mass is 16.1. The lowest BCUT2D eigenvalue weighted by Gasteiger charge is -2.14. The van der Waals surface area contributed by atoms with Crippen molar-refractivity contribution in [3.63, 3.8) is 0 Å². The van der Waals surface area contributed by atoms with Gasteiger partial charge < -0.3 is 21.7 Å². The van der Waals surface area contributed by atoms with Crippen molar-refractivity contribution >= 4 is 23.8 Å². The van der Waals surface area contributed by atoms with Gasteiger partial charge >= 0.3 is 0 Å². The maximum atomic E-state index is 10.9. The molecule has 1 amide bonds. The molecule has 1 aromatic heterocycles. The van der Waals surface area contributed by atoms with E-state index in [0.717, 1.165) is 0 Å². The number of carbonyl (C=O) groups is 1. The summed E-state index contributed by atoms with van der Waals surface area (Å²) in [6.45, 7) is 1.61. The Morgan fingerprint density at radius 1 is 1.38 bits per heavy atom. The van der Waals surface area contributed by atoms with Gasteiger partial charge in [-0.15, -0.1) is 0 Å². The van der Waals surface area contributed by atoms with Gasteiger partial charge in [-0.2, -0.15) is 15.0 Å². The van der Waals surface area contributed by atoms with Crippen LogP contribution in [0.25, 0.3) is 0 Å². The molecule has 0 saturated carbocycles. The van der Waals surface area contributed by atoms with Crippen molar-refractivity contribution in [3.8, 4) is 0 Å². The molecule has 16 heavy (non-hydrogen) atoms. The van der Waals surface area contributed by atoms with Crippen molar-refractivity contribution in [1.29, 1.82) is 0 Å². The molecule has 8 nitrogen and oxygen atoms in total. The third kappa shape index (κ3) is 2.94. The number of nitrogens with zero attached hydrogens (tertiary/aromatic N) is 4. The molecule has 1 rings (SSSR count). The first-order valence-corrected chi connectivity index (χ1v) is 4.65. The predicted molar refractivity (Wildman–Crippen MR) is 60.8 cm³/mol. The van der Waals surface area contributed by atoms with E-state index in [1.54, 1.807) is 25.9 Å². The predicted octanol–water partition coefficient (Wildman–Crippen LogP) is -1.19. The Bertz CT molecular complexity index is 392. The smallest absolute Gasteiger partial charge is 0.239 e. The largest absolute Gasteiger partial charge is 0.368 e. The first-order chi connectivity index (χ1) is 7.40. The molecule has 1 heterocycles. The summed E-state index contributed by atoms with van der Waals surface area (Å²) in [5.41, 5.74) is 10.6. The fourth-order valence-corrected chi connectivity index (χ4v) is 0.910. The molecule has 88 valence electrons. The highest BCUT2D eigenvalue weighted by Crippen LogP contribution is 2.09. The zero-order valence-electron chi connectivity index (χ0n) is 9.43. The summed E-state index contributed by atoms with van der Waals surface area (Å²) in [5, 5.41) is 2.73. The molecule has 0 bridgehead atoms. The molecule has 5 N–H and O–H groups in total. The Morgan fingerprint density at radius 3 is 2.50 bits per heavy atom. The van der Waals surface area contributed by atoms with E-state index in [0.29, 0.717) is 5.95 Å². The summed E-state index contributed by atoms with van der Waals surface area (Å²) >= 11 is 0. The fraction of sp³-hybridized carbons (Fsp3) is 0.500. The zero-order chi connectivity index (χ0) is 12.3. The van der Waals surface area contributed by atoms with E-state index in [2.05, 4.69) is 20.3 Å². The number of aromatic nitrogens is 3. The molecule has 0 aliphatic carbocycles. The highest BCUT2D eigenvalue weighted by molar-refractivity contribution is 5.81. The van der Waals surface area contributed by atoms with Gasteiger partial charge in [0.2, 0.25) is 23.8 Å². The highest BCUT2D eigenvalue weighted by Gasteiger charge is 2.12. The first-order valence-electron chi connectivity index (χ1n) is 4.65. The van der Waals surface area contributed by atoms with E-state index in [4.69, 9.17) is 11.5 Å². The van der Waals surface area contributed by atoms with Crippen LogP contribution in [0.5, 0.6) is 0 Å². The minimum Gasteiger partial charge on any atom is -0.368 e. The number of amides is 1. The Morgan fingerprint density at radius 2 is 2.00 bits per heavy atom. The van der Waals surface area contributed by atoms with Crippen molar-refractivity contribution in [2.75, 3.05) is 30.0 Å². The minimum absolute atomic E-state index is 0.0814. The molecule has 0 radical (unpaired) electrons. The summed E-state index contributed by atoms with van der Waals surface area (Å²) in [4.78, 5) is 24.4. The molecule has 0 aliphatic rings. The maximum absolute atomic E-state index is 10.9. The molecule has 1 aromatic rings. The SMILES string of the molecule is CC(Nc1nc(N)nc(N(C)C)n1)C(N)=O. The van der Waals surface area contributed by atoms with Crippen molar-refractivity contribution in [2.45, 2.75) is 13.0 Å². The van der Waals surface area contributed by atoms with Crippen LogP contribution in [-0.2, 0) is 4.79 Å². The average molecular weight is 225 g/mol. The van der Waals surface area contributed by atoms with Gasteiger partial charge in [0.1, 0.15) is 6.04 Å². The van der Waals surface area contributed by atoms with Crippen LogP contribution in [0.1, 0.15) is 6.92 Å². The van der Waals surface area contributed by atoms with Crippen molar-refractivity contribution in [2.24, 2.45) is 5.73 Å². The lowest BCUT2D eigenvalue weighted by Crippen LogP contribution is -2.33. The van der Waals surface area contributed by atoms with Gasteiger partial charge in [-0.3, -0.25) is 4.79 Å². The number of nitrogens with one attached hydrogen (secondary N) is 1. The van der Waals surface area contributed by atoms with Crippen LogP contribution in [-0.4, -0.2) is 41.0 Å². The molecule has 0 fully saturated rings. The standard InChI is InChI=1S/C8H15N7O/c1-4(5(9)16)11-7-12-6(10)13-8(14-7)15(2)3/h4H,1-3H3,(H2,9,16)(H3,10,11,12,13,14). The number of anilines is 3. The normalized spacial score (nSPS) is 11.9. The number of hydrogen-bond acceptors (Lipinski definition) is 7. The molecular weight excluding hydrogens is 210 g/mol. The number of nitrogens with two attached hydrogens (primary N) is 2. The Kier molecular flexibility index (Phi) is 3.44. The first kappa shape index (κ1) is 12.0. The molecule has 1 atom stereocenters. The van der Waals surface area contributed by atoms with Crippen LogP contribution in [0, 0.1) is 0 Å². The summed E-state index contributed by atoms with van der Waals surface area (Å²) in [7, 11) is 3.55. The minimum atomic E-state index is -0.572. The number of carbonyl (C=O) groups excluding carboxylic acids is 1. The van der Waals surface area contributed by atoms with E-state index in [9.17, 15) is 4.79 Å². The molecule has 0 saturated heterocycles. The maximum Gasteiger partial charge on any atom is 0.239 e. The number of nitrogen functional groups attached to an aromatic ring is 1. The second-order valence-corrected chi connectivity index (χ2v) is 3.48. The summed E-state index contributed by atoms with van der Waals surface area (Å²) in [6.07, 6.45) is 0. The summed E-state index contributed by atoms with van der Waals surface area (Å²) < 4.78 is 0. The summed E-state index contributed by atoms with van der Waals surface area (Å²) in [6, 6.07) is -0.572. The van der Waals surface area contributed by atoms with Crippen LogP contribution in [0.4, 0.5) is 17.8 Å². The molecule has 8 heteroatoms. The quantitative estimate of drug-likeness (QED) is 0.588. The van der Waals surface area contributed by atoms with Gasteiger partial charge in [0.25, 0.3) is 0 Å². The van der Waals surface area contributed by atoms with Crippen LogP contribution in [0.3, 0.4) is 0 Å². The monoisotopic (exact) mass is 225 g/mol. The number of rotatable bonds is 4. The van der Waals surface area contributed by atoms with E-state index >= 15 is 0 Å². The van der Waals surface area contributed by atoms with Crippen molar-refractivity contribution in [3.05, 3.63) is 0 Å². The van der Waals surface area contributed by atoms with E-state index in [1.165, 1.54) is 0 Å². The lowest BCUT2D eigenvalue weighted by atomic mass is 10.3. The third-order valence-corrected chi connectivity index (χ3v) is 1.81. The van der Waals surface area contributed by atoms with Gasteiger partial charge in [-0.25, -0.2) is 0 Å². The zero-order valence-corrected chi connectivity index (χ0v) is 9.43. The second-order valence-electron chi connectivity index (χ2n) is 3.48. The van der Waals surface area contributed by atoms with Crippen molar-refractivity contribution < 1.29 is 4.79 Å². The second kappa shape index (κ2) is 4.60. The van der Waals surface area contributed by atoms with E-state index in [-0.39, 0.29) is 11.9 Å². The lowest BCUT2D eigenvalue weighted by molar-refractivity contribution is -0.118. The third-order valence-electron chi connectivity index (χ3n) is 1.81. The van der Waals surface area contributed by atoms with Crippen molar-refractivity contribution in [1.82, 2.24) is 15.0 Å².